The summed E-state index contributed by atoms with van der Waals surface area (Å²) in [4.78, 5) is 4.42. The normalized spacial score (nSPS) is 26.3. The maximum absolute atomic E-state index is 5.89. The summed E-state index contributed by atoms with van der Waals surface area (Å²) in [6.07, 6.45) is 5.53. The Labute approximate surface area is 125 Å². The Morgan fingerprint density at radius 3 is 2.89 bits per heavy atom. The van der Waals surface area contributed by atoms with Crippen molar-refractivity contribution in [2.45, 2.75) is 56.4 Å². The van der Waals surface area contributed by atoms with Crippen molar-refractivity contribution in [3.63, 3.8) is 0 Å². The number of nitrogens with one attached hydrogen (secondary N) is 1. The van der Waals surface area contributed by atoms with Crippen molar-refractivity contribution >= 4 is 23.4 Å². The van der Waals surface area contributed by atoms with E-state index in [-0.39, 0.29) is 0 Å². The highest BCUT2D eigenvalue weighted by molar-refractivity contribution is 7.99. The number of halogens is 1. The number of thioether (sulfide) groups is 1. The summed E-state index contributed by atoms with van der Waals surface area (Å²) in [5.41, 5.74) is 0.440. The molecule has 1 aliphatic rings. The van der Waals surface area contributed by atoms with Crippen LogP contribution >= 0.6 is 23.4 Å². The molecule has 2 unspecified atom stereocenters. The van der Waals surface area contributed by atoms with E-state index in [9.17, 15) is 0 Å². The van der Waals surface area contributed by atoms with Crippen molar-refractivity contribution in [2.24, 2.45) is 5.41 Å². The zero-order valence-corrected chi connectivity index (χ0v) is 13.5. The van der Waals surface area contributed by atoms with Crippen molar-refractivity contribution in [1.29, 1.82) is 0 Å². The summed E-state index contributed by atoms with van der Waals surface area (Å²) >= 11 is 7.79. The molecule has 106 valence electrons. The third-order valence-electron chi connectivity index (χ3n) is 3.77. The van der Waals surface area contributed by atoms with E-state index in [0.717, 1.165) is 11.6 Å². The maximum Gasteiger partial charge on any atom is 0.0964 e. The molecular formula is C15H23ClN2S. The minimum Gasteiger partial charge on any atom is -0.313 e. The van der Waals surface area contributed by atoms with Crippen molar-refractivity contribution in [3.8, 4) is 0 Å². The van der Waals surface area contributed by atoms with Gasteiger partial charge in [-0.05, 0) is 43.4 Å². The third kappa shape index (κ3) is 4.37. The molecule has 0 bridgehead atoms. The van der Waals surface area contributed by atoms with Crippen LogP contribution in [0, 0.1) is 5.41 Å². The van der Waals surface area contributed by atoms with Crippen molar-refractivity contribution in [2.75, 3.05) is 6.54 Å². The van der Waals surface area contributed by atoms with Crippen LogP contribution < -0.4 is 5.32 Å². The lowest BCUT2D eigenvalue weighted by molar-refractivity contribution is 0.215. The standard InChI is InChI=1S/C15H23ClN2S/c1-4-17-12-7-8-15(2,3)9-13(12)19-14-6-5-11(16)10-18-14/h5-6,10,12-13,17H,4,7-9H2,1-3H3. The number of pyridine rings is 1. The van der Waals surface area contributed by atoms with Gasteiger partial charge in [0.2, 0.25) is 0 Å². The summed E-state index contributed by atoms with van der Waals surface area (Å²) in [6.45, 7) is 7.97. The van der Waals surface area contributed by atoms with Crippen LogP contribution in [-0.2, 0) is 0 Å². The molecule has 2 atom stereocenters. The predicted molar refractivity (Wildman–Crippen MR) is 84.0 cm³/mol. The van der Waals surface area contributed by atoms with Gasteiger partial charge in [-0.1, -0.05) is 32.4 Å². The molecule has 0 amide bonds. The number of hydrogen-bond acceptors (Lipinski definition) is 3. The first-order valence-corrected chi connectivity index (χ1v) is 8.27. The van der Waals surface area contributed by atoms with Crippen LogP contribution in [0.4, 0.5) is 0 Å². The Hall–Kier alpha value is -0.250. The fourth-order valence-electron chi connectivity index (χ4n) is 2.73. The summed E-state index contributed by atoms with van der Waals surface area (Å²) < 4.78 is 0. The zero-order valence-electron chi connectivity index (χ0n) is 11.9. The van der Waals surface area contributed by atoms with Gasteiger partial charge in [-0.3, -0.25) is 0 Å². The summed E-state index contributed by atoms with van der Waals surface area (Å²) in [5, 5.41) is 6.01. The smallest absolute Gasteiger partial charge is 0.0964 e. The lowest BCUT2D eigenvalue weighted by atomic mass is 9.75. The van der Waals surface area contributed by atoms with Crippen molar-refractivity contribution in [3.05, 3.63) is 23.4 Å². The molecule has 0 spiro atoms. The second kappa shape index (κ2) is 6.47. The first-order chi connectivity index (χ1) is 9.00. The highest BCUT2D eigenvalue weighted by atomic mass is 35.5. The first kappa shape index (κ1) is 15.1. The van der Waals surface area contributed by atoms with Gasteiger partial charge >= 0.3 is 0 Å². The van der Waals surface area contributed by atoms with E-state index in [1.54, 1.807) is 6.20 Å². The van der Waals surface area contributed by atoms with Crippen LogP contribution in [0.5, 0.6) is 0 Å². The Bertz CT molecular complexity index is 405. The molecule has 0 radical (unpaired) electrons. The van der Waals surface area contributed by atoms with Crippen LogP contribution in [0.1, 0.15) is 40.0 Å². The molecule has 1 aliphatic carbocycles. The van der Waals surface area contributed by atoms with Crippen molar-refractivity contribution in [1.82, 2.24) is 10.3 Å². The van der Waals surface area contributed by atoms with E-state index in [2.05, 4.69) is 31.1 Å². The molecule has 1 aromatic heterocycles. The summed E-state index contributed by atoms with van der Waals surface area (Å²) in [6, 6.07) is 4.55. The average Bonchev–Trinajstić information content (AvgIpc) is 2.35. The van der Waals surface area contributed by atoms with E-state index in [0.29, 0.717) is 21.7 Å². The number of rotatable bonds is 4. The Morgan fingerprint density at radius 2 is 2.26 bits per heavy atom. The Kier molecular flexibility index (Phi) is 5.15. The van der Waals surface area contributed by atoms with E-state index >= 15 is 0 Å². The molecule has 0 aromatic carbocycles. The molecule has 1 N–H and O–H groups in total. The fraction of sp³-hybridized carbons (Fsp3) is 0.667. The lowest BCUT2D eigenvalue weighted by Crippen LogP contribution is -2.44. The zero-order chi connectivity index (χ0) is 13.9. The second-order valence-electron chi connectivity index (χ2n) is 6.04. The average molecular weight is 299 g/mol. The van der Waals surface area contributed by atoms with Crippen LogP contribution in [0.2, 0.25) is 5.02 Å². The molecule has 0 saturated heterocycles. The van der Waals surface area contributed by atoms with Crippen LogP contribution in [0.3, 0.4) is 0 Å². The molecule has 2 nitrogen and oxygen atoms in total. The van der Waals surface area contributed by atoms with Crippen LogP contribution in [-0.4, -0.2) is 22.8 Å². The van der Waals surface area contributed by atoms with Gasteiger partial charge in [-0.15, -0.1) is 11.8 Å². The molecule has 1 heterocycles. The number of nitrogens with zero attached hydrogens (tertiary/aromatic N) is 1. The molecule has 19 heavy (non-hydrogen) atoms. The van der Waals surface area contributed by atoms with Crippen molar-refractivity contribution < 1.29 is 0 Å². The highest BCUT2D eigenvalue weighted by Gasteiger charge is 2.35. The third-order valence-corrected chi connectivity index (χ3v) is 5.28. The van der Waals surface area contributed by atoms with Gasteiger partial charge in [0.15, 0.2) is 0 Å². The van der Waals surface area contributed by atoms with E-state index < -0.39 is 0 Å². The van der Waals surface area contributed by atoms with E-state index in [1.807, 2.05) is 23.9 Å². The molecule has 1 saturated carbocycles. The summed E-state index contributed by atoms with van der Waals surface area (Å²) in [7, 11) is 0. The number of hydrogen-bond donors (Lipinski definition) is 1. The van der Waals surface area contributed by atoms with Gasteiger partial charge in [0, 0.05) is 17.5 Å². The lowest BCUT2D eigenvalue weighted by Gasteiger charge is -2.40. The molecule has 0 aliphatic heterocycles. The molecule has 2 rings (SSSR count). The van der Waals surface area contributed by atoms with Gasteiger partial charge in [0.1, 0.15) is 0 Å². The quantitative estimate of drug-likeness (QED) is 0.892. The van der Waals surface area contributed by atoms with Gasteiger partial charge < -0.3 is 5.32 Å². The largest absolute Gasteiger partial charge is 0.313 e. The minimum absolute atomic E-state index is 0.440. The maximum atomic E-state index is 5.89. The van der Waals surface area contributed by atoms with Gasteiger partial charge in [0.25, 0.3) is 0 Å². The number of aromatic nitrogens is 1. The molecule has 4 heteroatoms. The van der Waals surface area contributed by atoms with Crippen LogP contribution in [0.25, 0.3) is 0 Å². The van der Waals surface area contributed by atoms with Gasteiger partial charge in [-0.2, -0.15) is 0 Å². The van der Waals surface area contributed by atoms with Gasteiger partial charge in [-0.25, -0.2) is 4.98 Å². The van der Waals surface area contributed by atoms with E-state index in [1.165, 1.54) is 19.3 Å². The van der Waals surface area contributed by atoms with Crippen LogP contribution in [0.15, 0.2) is 23.4 Å². The van der Waals surface area contributed by atoms with Gasteiger partial charge in [0.05, 0.1) is 10.0 Å². The fourth-order valence-corrected chi connectivity index (χ4v) is 4.34. The Morgan fingerprint density at radius 1 is 1.47 bits per heavy atom. The Balaban J connectivity index is 2.06. The van der Waals surface area contributed by atoms with E-state index in [4.69, 9.17) is 11.6 Å². The second-order valence-corrected chi connectivity index (χ2v) is 7.74. The molecular weight excluding hydrogens is 276 g/mol. The molecule has 1 fully saturated rings. The molecule has 1 aromatic rings. The predicted octanol–water partition coefficient (Wildman–Crippen LogP) is 4.38. The topological polar surface area (TPSA) is 24.9 Å². The summed E-state index contributed by atoms with van der Waals surface area (Å²) in [5.74, 6) is 0. The first-order valence-electron chi connectivity index (χ1n) is 7.02. The SMILES string of the molecule is CCNC1CCC(C)(C)CC1Sc1ccc(Cl)cn1. The highest BCUT2D eigenvalue weighted by Crippen LogP contribution is 2.42. The monoisotopic (exact) mass is 298 g/mol. The minimum atomic E-state index is 0.440.